The van der Waals surface area contributed by atoms with Crippen LogP contribution >= 0.6 is 0 Å². The SMILES string of the molecule is CCNC(=O)Nc1cc2c(-c3ccncc3)ccc(CC(C)C(N)=O)c2cn1. The maximum absolute atomic E-state index is 11.9. The largest absolute Gasteiger partial charge is 0.369 e. The van der Waals surface area contributed by atoms with E-state index in [0.29, 0.717) is 18.8 Å². The van der Waals surface area contributed by atoms with Gasteiger partial charge in [0.2, 0.25) is 5.91 Å². The van der Waals surface area contributed by atoms with E-state index < -0.39 is 0 Å². The second-order valence-electron chi connectivity index (χ2n) is 6.62. The van der Waals surface area contributed by atoms with Crippen molar-refractivity contribution in [3.05, 3.63) is 54.5 Å². The van der Waals surface area contributed by atoms with Crippen LogP contribution in [0.5, 0.6) is 0 Å². The standard InChI is InChI=1S/C21H23N5O2/c1-3-24-21(28)26-19-11-17-16(14-6-8-23-9-7-14)5-4-15(18(17)12-25-19)10-13(2)20(22)27/h4-9,11-13H,3,10H2,1-2H3,(H2,22,27)(H2,24,25,26,28). The van der Waals surface area contributed by atoms with Gasteiger partial charge in [-0.15, -0.1) is 0 Å². The van der Waals surface area contributed by atoms with Crippen LogP contribution in [-0.2, 0) is 11.2 Å². The third-order valence-electron chi connectivity index (χ3n) is 4.57. The lowest BCUT2D eigenvalue weighted by molar-refractivity contribution is -0.121. The Labute approximate surface area is 163 Å². The van der Waals surface area contributed by atoms with Crippen LogP contribution in [0.2, 0.25) is 0 Å². The number of anilines is 1. The van der Waals surface area contributed by atoms with E-state index in [0.717, 1.165) is 27.5 Å². The monoisotopic (exact) mass is 377 g/mol. The molecule has 4 N–H and O–H groups in total. The van der Waals surface area contributed by atoms with Gasteiger partial charge in [-0.2, -0.15) is 0 Å². The van der Waals surface area contributed by atoms with Crippen molar-refractivity contribution < 1.29 is 9.59 Å². The first-order valence-corrected chi connectivity index (χ1v) is 9.15. The van der Waals surface area contributed by atoms with Crippen molar-refractivity contribution in [2.75, 3.05) is 11.9 Å². The summed E-state index contributed by atoms with van der Waals surface area (Å²) in [5.41, 5.74) is 8.42. The summed E-state index contributed by atoms with van der Waals surface area (Å²) in [6.45, 7) is 4.18. The topological polar surface area (TPSA) is 110 Å². The van der Waals surface area contributed by atoms with Crippen LogP contribution in [0.25, 0.3) is 21.9 Å². The number of rotatable bonds is 6. The number of aromatic nitrogens is 2. The predicted octanol–water partition coefficient (Wildman–Crippen LogP) is 3.10. The molecule has 0 fully saturated rings. The molecule has 0 aliphatic rings. The number of benzene rings is 1. The van der Waals surface area contributed by atoms with Crippen LogP contribution in [0.1, 0.15) is 19.4 Å². The molecule has 28 heavy (non-hydrogen) atoms. The molecule has 0 bridgehead atoms. The fourth-order valence-corrected chi connectivity index (χ4v) is 3.08. The summed E-state index contributed by atoms with van der Waals surface area (Å²) < 4.78 is 0. The Morgan fingerprint density at radius 2 is 1.89 bits per heavy atom. The molecule has 3 rings (SSSR count). The third kappa shape index (κ3) is 4.25. The molecule has 3 aromatic rings. The van der Waals surface area contributed by atoms with Gasteiger partial charge in [-0.25, -0.2) is 9.78 Å². The zero-order chi connectivity index (χ0) is 20.1. The molecule has 144 valence electrons. The Kier molecular flexibility index (Phi) is 5.84. The van der Waals surface area contributed by atoms with Gasteiger partial charge in [-0.3, -0.25) is 15.1 Å². The molecule has 0 radical (unpaired) electrons. The van der Waals surface area contributed by atoms with Crippen molar-refractivity contribution in [1.82, 2.24) is 15.3 Å². The predicted molar refractivity (Wildman–Crippen MR) is 110 cm³/mol. The van der Waals surface area contributed by atoms with Gasteiger partial charge in [0.25, 0.3) is 0 Å². The van der Waals surface area contributed by atoms with E-state index in [1.165, 1.54) is 0 Å². The van der Waals surface area contributed by atoms with Crippen molar-refractivity contribution >= 4 is 28.5 Å². The Morgan fingerprint density at radius 1 is 1.14 bits per heavy atom. The van der Waals surface area contributed by atoms with Crippen LogP contribution in [0.4, 0.5) is 10.6 Å². The second kappa shape index (κ2) is 8.47. The van der Waals surface area contributed by atoms with Gasteiger partial charge < -0.3 is 11.1 Å². The van der Waals surface area contributed by atoms with E-state index in [2.05, 4.69) is 20.6 Å². The van der Waals surface area contributed by atoms with Gasteiger partial charge >= 0.3 is 6.03 Å². The molecule has 0 aliphatic carbocycles. The molecule has 2 aromatic heterocycles. The minimum Gasteiger partial charge on any atom is -0.369 e. The number of nitrogens with zero attached hydrogens (tertiary/aromatic N) is 2. The van der Waals surface area contributed by atoms with Gasteiger partial charge in [0, 0.05) is 36.4 Å². The smallest absolute Gasteiger partial charge is 0.320 e. The molecule has 3 amide bonds. The normalized spacial score (nSPS) is 11.8. The Morgan fingerprint density at radius 3 is 2.57 bits per heavy atom. The average molecular weight is 377 g/mol. The summed E-state index contributed by atoms with van der Waals surface area (Å²) in [6.07, 6.45) is 5.72. The number of nitrogens with one attached hydrogen (secondary N) is 2. The van der Waals surface area contributed by atoms with Crippen molar-refractivity contribution in [2.24, 2.45) is 11.7 Å². The summed E-state index contributed by atoms with van der Waals surface area (Å²) in [5.74, 6) is -0.175. The number of carbonyl (C=O) groups excluding carboxylic acids is 2. The summed E-state index contributed by atoms with van der Waals surface area (Å²) in [6, 6.07) is 9.40. The number of carbonyl (C=O) groups is 2. The fraction of sp³-hybridized carbons (Fsp3) is 0.238. The van der Waals surface area contributed by atoms with Crippen molar-refractivity contribution in [3.8, 4) is 11.1 Å². The molecule has 0 saturated carbocycles. The highest BCUT2D eigenvalue weighted by Crippen LogP contribution is 2.32. The molecule has 1 aromatic carbocycles. The third-order valence-corrected chi connectivity index (χ3v) is 4.57. The van der Waals surface area contributed by atoms with E-state index in [9.17, 15) is 9.59 Å². The first-order chi connectivity index (χ1) is 13.5. The molecule has 7 nitrogen and oxygen atoms in total. The van der Waals surface area contributed by atoms with Gasteiger partial charge in [-0.1, -0.05) is 19.1 Å². The molecular formula is C21H23N5O2. The number of primary amides is 1. The highest BCUT2D eigenvalue weighted by atomic mass is 16.2. The molecular weight excluding hydrogens is 354 g/mol. The van der Waals surface area contributed by atoms with E-state index >= 15 is 0 Å². The quantitative estimate of drug-likeness (QED) is 0.613. The molecule has 0 saturated heterocycles. The number of fused-ring (bicyclic) bond motifs is 1. The van der Waals surface area contributed by atoms with E-state index in [1.807, 2.05) is 44.2 Å². The number of nitrogens with two attached hydrogens (primary N) is 1. The maximum Gasteiger partial charge on any atom is 0.320 e. The lowest BCUT2D eigenvalue weighted by Gasteiger charge is -2.15. The summed E-state index contributed by atoms with van der Waals surface area (Å²) in [7, 11) is 0. The fourth-order valence-electron chi connectivity index (χ4n) is 3.08. The van der Waals surface area contributed by atoms with Gasteiger partial charge in [0.1, 0.15) is 5.82 Å². The number of amides is 3. The van der Waals surface area contributed by atoms with Crippen molar-refractivity contribution in [2.45, 2.75) is 20.3 Å². The summed E-state index contributed by atoms with van der Waals surface area (Å²) >= 11 is 0. The first kappa shape index (κ1) is 19.3. The molecule has 1 unspecified atom stereocenters. The minimum atomic E-state index is -0.339. The van der Waals surface area contributed by atoms with E-state index in [1.54, 1.807) is 18.6 Å². The minimum absolute atomic E-state index is 0.289. The highest BCUT2D eigenvalue weighted by Gasteiger charge is 2.15. The van der Waals surface area contributed by atoms with Gasteiger partial charge in [0.05, 0.1) is 0 Å². The Hall–Kier alpha value is -3.48. The Bertz CT molecular complexity index is 1000. The van der Waals surface area contributed by atoms with Crippen molar-refractivity contribution in [1.29, 1.82) is 0 Å². The number of hydrogen-bond acceptors (Lipinski definition) is 4. The van der Waals surface area contributed by atoms with Crippen molar-refractivity contribution in [3.63, 3.8) is 0 Å². The van der Waals surface area contributed by atoms with Crippen LogP contribution < -0.4 is 16.4 Å². The highest BCUT2D eigenvalue weighted by molar-refractivity contribution is 6.01. The molecule has 0 spiro atoms. The lowest BCUT2D eigenvalue weighted by atomic mass is 9.92. The second-order valence-corrected chi connectivity index (χ2v) is 6.62. The summed E-state index contributed by atoms with van der Waals surface area (Å²) in [5, 5.41) is 7.29. The molecule has 2 heterocycles. The van der Waals surface area contributed by atoms with Gasteiger partial charge in [-0.05, 0) is 53.6 Å². The molecule has 0 aliphatic heterocycles. The number of urea groups is 1. The van der Waals surface area contributed by atoms with E-state index in [-0.39, 0.29) is 17.9 Å². The maximum atomic E-state index is 11.9. The zero-order valence-electron chi connectivity index (χ0n) is 15.9. The molecule has 7 heteroatoms. The van der Waals surface area contributed by atoms with Crippen LogP contribution in [0, 0.1) is 5.92 Å². The average Bonchev–Trinajstić information content (AvgIpc) is 2.68. The first-order valence-electron chi connectivity index (χ1n) is 9.15. The van der Waals surface area contributed by atoms with Crippen LogP contribution in [0.15, 0.2) is 48.9 Å². The number of hydrogen-bond donors (Lipinski definition) is 3. The summed E-state index contributed by atoms with van der Waals surface area (Å²) in [4.78, 5) is 31.8. The van der Waals surface area contributed by atoms with Gasteiger partial charge in [0.15, 0.2) is 0 Å². The Balaban J connectivity index is 2.11. The van der Waals surface area contributed by atoms with Crippen LogP contribution in [-0.4, -0.2) is 28.5 Å². The number of pyridine rings is 2. The van der Waals surface area contributed by atoms with Crippen LogP contribution in [0.3, 0.4) is 0 Å². The van der Waals surface area contributed by atoms with E-state index in [4.69, 9.17) is 5.73 Å². The zero-order valence-corrected chi connectivity index (χ0v) is 15.9. The molecule has 1 atom stereocenters. The lowest BCUT2D eigenvalue weighted by Crippen LogP contribution is -2.28.